The highest BCUT2D eigenvalue weighted by molar-refractivity contribution is 6.62. The number of pyridine rings is 1. The van der Waals surface area contributed by atoms with Gasteiger partial charge < -0.3 is 19.7 Å². The smallest absolute Gasteiger partial charge is 0.464 e. The summed E-state index contributed by atoms with van der Waals surface area (Å²) in [6.45, 7) is 5.96. The normalized spacial score (nSPS) is 13.9. The van der Waals surface area contributed by atoms with E-state index in [9.17, 15) is 14.6 Å². The lowest BCUT2D eigenvalue weighted by Gasteiger charge is -2.21. The number of nitrogens with zero attached hydrogens (tertiary/aromatic N) is 1. The summed E-state index contributed by atoms with van der Waals surface area (Å²) in [6.07, 6.45) is 2.20. The molecule has 1 aliphatic heterocycles. The van der Waals surface area contributed by atoms with Crippen molar-refractivity contribution in [2.45, 2.75) is 39.8 Å². The highest BCUT2D eigenvalue weighted by Crippen LogP contribution is 2.17. The maximum Gasteiger partial charge on any atom is 0.492 e. The van der Waals surface area contributed by atoms with Crippen molar-refractivity contribution in [1.29, 1.82) is 0 Å². The summed E-state index contributed by atoms with van der Waals surface area (Å²) in [5.74, 6) is -1.01. The lowest BCUT2D eigenvalue weighted by atomic mass is 9.75. The van der Waals surface area contributed by atoms with Gasteiger partial charge in [-0.1, -0.05) is 26.0 Å². The number of rotatable bonds is 7. The molecular formula is C21H25BN2O5. The molecule has 1 aliphatic rings. The van der Waals surface area contributed by atoms with E-state index in [0.29, 0.717) is 29.6 Å². The van der Waals surface area contributed by atoms with Crippen LogP contribution in [0.1, 0.15) is 41.0 Å². The molecule has 2 heterocycles. The maximum atomic E-state index is 12.8. The van der Waals surface area contributed by atoms with E-state index < -0.39 is 19.1 Å². The topological polar surface area (TPSA) is 97.8 Å². The third kappa shape index (κ3) is 4.83. The second-order valence-electron chi connectivity index (χ2n) is 7.41. The Morgan fingerprint density at radius 3 is 2.79 bits per heavy atom. The number of nitrogens with one attached hydrogen (secondary N) is 1. The molecule has 0 bridgehead atoms. The molecule has 8 heteroatoms. The summed E-state index contributed by atoms with van der Waals surface area (Å²) >= 11 is 0. The van der Waals surface area contributed by atoms with Crippen molar-refractivity contribution in [3.63, 3.8) is 0 Å². The van der Waals surface area contributed by atoms with Gasteiger partial charge in [-0.05, 0) is 47.6 Å². The van der Waals surface area contributed by atoms with Crippen LogP contribution in [0.2, 0.25) is 0 Å². The van der Waals surface area contributed by atoms with Gasteiger partial charge in [0.1, 0.15) is 6.04 Å². The SMILES string of the molecule is Cc1c(C(=O)NC(C(=O)OCCc2ccccn2)C(C)C)ccc2c1B(O)OC2. The lowest BCUT2D eigenvalue weighted by molar-refractivity contribution is -0.147. The summed E-state index contributed by atoms with van der Waals surface area (Å²) in [5.41, 5.74) is 3.37. The number of aromatic nitrogens is 1. The molecule has 152 valence electrons. The first kappa shape index (κ1) is 21.0. The molecule has 1 aromatic carbocycles. The number of esters is 1. The molecule has 0 aliphatic carbocycles. The van der Waals surface area contributed by atoms with Gasteiger partial charge in [-0.15, -0.1) is 0 Å². The van der Waals surface area contributed by atoms with E-state index in [4.69, 9.17) is 9.39 Å². The number of hydrogen-bond donors (Lipinski definition) is 2. The Morgan fingerprint density at radius 2 is 2.10 bits per heavy atom. The van der Waals surface area contributed by atoms with Crippen molar-refractivity contribution >= 4 is 24.5 Å². The van der Waals surface area contributed by atoms with E-state index in [1.54, 1.807) is 25.3 Å². The highest BCUT2D eigenvalue weighted by atomic mass is 16.5. The monoisotopic (exact) mass is 396 g/mol. The molecule has 0 saturated carbocycles. The van der Waals surface area contributed by atoms with Crippen LogP contribution in [0.5, 0.6) is 0 Å². The van der Waals surface area contributed by atoms with Crippen molar-refractivity contribution in [2.75, 3.05) is 6.61 Å². The minimum atomic E-state index is -1.03. The molecule has 1 aromatic heterocycles. The summed E-state index contributed by atoms with van der Waals surface area (Å²) in [7, 11) is -1.03. The van der Waals surface area contributed by atoms with E-state index in [2.05, 4.69) is 10.3 Å². The first-order valence-electron chi connectivity index (χ1n) is 9.68. The first-order valence-corrected chi connectivity index (χ1v) is 9.68. The Hall–Kier alpha value is -2.71. The average Bonchev–Trinajstić information content (AvgIpc) is 3.08. The average molecular weight is 396 g/mol. The summed E-state index contributed by atoms with van der Waals surface area (Å²) in [4.78, 5) is 29.6. The minimum Gasteiger partial charge on any atom is -0.464 e. The number of hydrogen-bond acceptors (Lipinski definition) is 6. The molecule has 1 atom stereocenters. The number of benzene rings is 1. The number of carbonyl (C=O) groups is 2. The molecule has 29 heavy (non-hydrogen) atoms. The Kier molecular flexibility index (Phi) is 6.66. The molecule has 0 radical (unpaired) electrons. The minimum absolute atomic E-state index is 0.148. The van der Waals surface area contributed by atoms with Gasteiger partial charge in [-0.2, -0.15) is 0 Å². The van der Waals surface area contributed by atoms with Crippen molar-refractivity contribution in [1.82, 2.24) is 10.3 Å². The van der Waals surface area contributed by atoms with Gasteiger partial charge in [-0.25, -0.2) is 4.79 Å². The number of carbonyl (C=O) groups excluding carboxylic acids is 2. The molecule has 3 rings (SSSR count). The van der Waals surface area contributed by atoms with Crippen LogP contribution < -0.4 is 10.8 Å². The largest absolute Gasteiger partial charge is 0.492 e. The van der Waals surface area contributed by atoms with E-state index >= 15 is 0 Å². The van der Waals surface area contributed by atoms with Crippen molar-refractivity contribution in [2.24, 2.45) is 5.92 Å². The van der Waals surface area contributed by atoms with E-state index in [0.717, 1.165) is 11.3 Å². The zero-order chi connectivity index (χ0) is 21.0. The predicted octanol–water partition coefficient (Wildman–Crippen LogP) is 1.15. The molecule has 0 saturated heterocycles. The molecule has 2 N–H and O–H groups in total. The van der Waals surface area contributed by atoms with Crippen molar-refractivity contribution in [3.8, 4) is 0 Å². The molecule has 0 spiro atoms. The highest BCUT2D eigenvalue weighted by Gasteiger charge is 2.32. The Bertz CT molecular complexity index is 888. The third-order valence-electron chi connectivity index (χ3n) is 5.03. The first-order chi connectivity index (χ1) is 13.9. The Labute approximate surface area is 170 Å². The van der Waals surface area contributed by atoms with Crippen LogP contribution in [0.3, 0.4) is 0 Å². The van der Waals surface area contributed by atoms with Gasteiger partial charge in [0.05, 0.1) is 13.2 Å². The fourth-order valence-electron chi connectivity index (χ4n) is 3.36. The van der Waals surface area contributed by atoms with Crippen LogP contribution in [0.25, 0.3) is 0 Å². The second kappa shape index (κ2) is 9.20. The van der Waals surface area contributed by atoms with Gasteiger partial charge in [0.15, 0.2) is 0 Å². The van der Waals surface area contributed by atoms with Crippen LogP contribution in [-0.4, -0.2) is 41.7 Å². The molecule has 2 aromatic rings. The fourth-order valence-corrected chi connectivity index (χ4v) is 3.36. The number of ether oxygens (including phenoxy) is 1. The van der Waals surface area contributed by atoms with Gasteiger partial charge in [0.2, 0.25) is 0 Å². The van der Waals surface area contributed by atoms with Crippen LogP contribution in [0.4, 0.5) is 0 Å². The van der Waals surface area contributed by atoms with Crippen molar-refractivity contribution < 1.29 is 24.0 Å². The molecule has 7 nitrogen and oxygen atoms in total. The predicted molar refractivity (Wildman–Crippen MR) is 109 cm³/mol. The van der Waals surface area contributed by atoms with Gasteiger partial charge >= 0.3 is 13.1 Å². The fraction of sp³-hybridized carbons (Fsp3) is 0.381. The van der Waals surface area contributed by atoms with Crippen LogP contribution >= 0.6 is 0 Å². The van der Waals surface area contributed by atoms with Gasteiger partial charge in [0.25, 0.3) is 5.91 Å². The van der Waals surface area contributed by atoms with E-state index in [-0.39, 0.29) is 18.4 Å². The number of fused-ring (bicyclic) bond motifs is 1. The zero-order valence-corrected chi connectivity index (χ0v) is 16.8. The van der Waals surface area contributed by atoms with Gasteiger partial charge in [-0.3, -0.25) is 9.78 Å². The molecule has 0 fully saturated rings. The molecule has 1 unspecified atom stereocenters. The van der Waals surface area contributed by atoms with Crippen LogP contribution in [-0.2, 0) is 27.2 Å². The number of amides is 1. The molecular weight excluding hydrogens is 371 g/mol. The standard InChI is InChI=1S/C21H25BN2O5/c1-13(2)19(21(26)28-11-9-16-6-4-5-10-23-16)24-20(25)17-8-7-15-12-29-22(27)18(15)14(17)3/h4-8,10,13,19,27H,9,11-12H2,1-3H3,(H,24,25). The summed E-state index contributed by atoms with van der Waals surface area (Å²) in [6, 6.07) is 8.25. The quantitative estimate of drug-likeness (QED) is 0.538. The molecule has 1 amide bonds. The van der Waals surface area contributed by atoms with E-state index in [1.165, 1.54) is 0 Å². The summed E-state index contributed by atoms with van der Waals surface area (Å²) in [5, 5.41) is 12.8. The second-order valence-corrected chi connectivity index (χ2v) is 7.41. The van der Waals surface area contributed by atoms with Gasteiger partial charge in [0, 0.05) is 23.9 Å². The summed E-state index contributed by atoms with van der Waals surface area (Å²) < 4.78 is 10.6. The van der Waals surface area contributed by atoms with E-state index in [1.807, 2.05) is 32.0 Å². The van der Waals surface area contributed by atoms with Crippen LogP contribution in [0, 0.1) is 12.8 Å². The Balaban J connectivity index is 1.65. The van der Waals surface area contributed by atoms with Crippen molar-refractivity contribution in [3.05, 3.63) is 58.9 Å². The van der Waals surface area contributed by atoms with Crippen LogP contribution in [0.15, 0.2) is 36.5 Å². The third-order valence-corrected chi connectivity index (χ3v) is 5.03. The zero-order valence-electron chi connectivity index (χ0n) is 16.8. The Morgan fingerprint density at radius 1 is 1.31 bits per heavy atom. The lowest BCUT2D eigenvalue weighted by Crippen LogP contribution is -2.46. The maximum absolute atomic E-state index is 12.8.